The van der Waals surface area contributed by atoms with Crippen LogP contribution in [-0.4, -0.2) is 51.6 Å². The Hall–Kier alpha value is -2.18. The summed E-state index contributed by atoms with van der Waals surface area (Å²) in [4.78, 5) is 33.1. The molecular formula is C13H16N4O3. The van der Waals surface area contributed by atoms with Gasteiger partial charge in [0.1, 0.15) is 6.33 Å². The standard InChI is InChI=1S/C13H16N4O3/c1-9-13(20-12(19)16-9)2-3-17(7-13)11(18)4-10-5-14-8-15-6-10/h5-6,8-9H,2-4,7H2,1H3,(H,16,19). The molecule has 0 aromatic carbocycles. The van der Waals surface area contributed by atoms with E-state index in [-0.39, 0.29) is 18.4 Å². The van der Waals surface area contributed by atoms with Gasteiger partial charge >= 0.3 is 6.09 Å². The van der Waals surface area contributed by atoms with Crippen molar-refractivity contribution in [2.45, 2.75) is 31.4 Å². The Bertz CT molecular complexity index is 536. The molecule has 1 spiro atoms. The average molecular weight is 276 g/mol. The molecular weight excluding hydrogens is 260 g/mol. The predicted molar refractivity (Wildman–Crippen MR) is 68.7 cm³/mol. The number of hydrogen-bond donors (Lipinski definition) is 1. The molecule has 3 heterocycles. The SMILES string of the molecule is CC1NC(=O)OC12CCN(C(=O)Cc1cncnc1)C2. The molecule has 2 aliphatic heterocycles. The minimum atomic E-state index is -0.570. The zero-order valence-electron chi connectivity index (χ0n) is 11.2. The molecule has 1 N–H and O–H groups in total. The second-order valence-electron chi connectivity index (χ2n) is 5.31. The number of alkyl carbamates (subject to hydrolysis) is 1. The van der Waals surface area contributed by atoms with Crippen molar-refractivity contribution in [2.75, 3.05) is 13.1 Å². The fourth-order valence-corrected chi connectivity index (χ4v) is 2.77. The Morgan fingerprint density at radius 2 is 2.30 bits per heavy atom. The first kappa shape index (κ1) is 12.8. The lowest BCUT2D eigenvalue weighted by Crippen LogP contribution is -2.45. The zero-order valence-corrected chi connectivity index (χ0v) is 11.2. The molecule has 2 saturated heterocycles. The quantitative estimate of drug-likeness (QED) is 0.829. The Morgan fingerprint density at radius 1 is 1.55 bits per heavy atom. The highest BCUT2D eigenvalue weighted by molar-refractivity contribution is 5.79. The van der Waals surface area contributed by atoms with Gasteiger partial charge in [-0.2, -0.15) is 0 Å². The Labute approximate surface area is 116 Å². The molecule has 0 aliphatic carbocycles. The lowest BCUT2D eigenvalue weighted by molar-refractivity contribution is -0.130. The van der Waals surface area contributed by atoms with Crippen molar-refractivity contribution in [1.82, 2.24) is 20.2 Å². The van der Waals surface area contributed by atoms with E-state index in [2.05, 4.69) is 15.3 Å². The maximum atomic E-state index is 12.3. The molecule has 0 radical (unpaired) electrons. The lowest BCUT2D eigenvalue weighted by Gasteiger charge is -2.25. The first-order valence-corrected chi connectivity index (χ1v) is 6.60. The number of ether oxygens (including phenoxy) is 1. The van der Waals surface area contributed by atoms with Crippen LogP contribution in [0.5, 0.6) is 0 Å². The van der Waals surface area contributed by atoms with E-state index in [0.717, 1.165) is 5.56 Å². The van der Waals surface area contributed by atoms with Crippen LogP contribution in [0.2, 0.25) is 0 Å². The predicted octanol–water partition coefficient (Wildman–Crippen LogP) is 0.118. The van der Waals surface area contributed by atoms with Crippen molar-refractivity contribution in [2.24, 2.45) is 0 Å². The molecule has 7 nitrogen and oxygen atoms in total. The number of hydrogen-bond acceptors (Lipinski definition) is 5. The van der Waals surface area contributed by atoms with Crippen LogP contribution in [0.25, 0.3) is 0 Å². The summed E-state index contributed by atoms with van der Waals surface area (Å²) in [6.45, 7) is 2.95. The lowest BCUT2D eigenvalue weighted by atomic mass is 9.95. The van der Waals surface area contributed by atoms with Crippen molar-refractivity contribution >= 4 is 12.0 Å². The third-order valence-electron chi connectivity index (χ3n) is 4.00. The van der Waals surface area contributed by atoms with Gasteiger partial charge in [0, 0.05) is 25.4 Å². The summed E-state index contributed by atoms with van der Waals surface area (Å²) >= 11 is 0. The maximum Gasteiger partial charge on any atom is 0.408 e. The fraction of sp³-hybridized carbons (Fsp3) is 0.538. The van der Waals surface area contributed by atoms with E-state index in [4.69, 9.17) is 4.74 Å². The van der Waals surface area contributed by atoms with E-state index in [1.54, 1.807) is 17.3 Å². The van der Waals surface area contributed by atoms with Crippen LogP contribution in [0.4, 0.5) is 4.79 Å². The molecule has 2 fully saturated rings. The summed E-state index contributed by atoms with van der Waals surface area (Å²) < 4.78 is 5.38. The normalized spacial score (nSPS) is 28.6. The second kappa shape index (κ2) is 4.73. The number of nitrogens with one attached hydrogen (secondary N) is 1. The maximum absolute atomic E-state index is 12.3. The van der Waals surface area contributed by atoms with Crippen LogP contribution in [0, 0.1) is 0 Å². The van der Waals surface area contributed by atoms with Gasteiger partial charge in [0.2, 0.25) is 5.91 Å². The van der Waals surface area contributed by atoms with Crippen LogP contribution in [-0.2, 0) is 16.0 Å². The topological polar surface area (TPSA) is 84.4 Å². The summed E-state index contributed by atoms with van der Waals surface area (Å²) in [5.41, 5.74) is 0.216. The minimum absolute atomic E-state index is 0.00632. The summed E-state index contributed by atoms with van der Waals surface area (Å²) in [5, 5.41) is 2.74. The molecule has 7 heteroatoms. The summed E-state index contributed by atoms with van der Waals surface area (Å²) in [6, 6.07) is -0.0761. The van der Waals surface area contributed by atoms with E-state index in [1.807, 2.05) is 6.92 Å². The molecule has 2 aliphatic rings. The van der Waals surface area contributed by atoms with Gasteiger partial charge in [0.25, 0.3) is 0 Å². The van der Waals surface area contributed by atoms with E-state index < -0.39 is 11.7 Å². The summed E-state index contributed by atoms with van der Waals surface area (Å²) in [5.74, 6) is 0.00632. The number of rotatable bonds is 2. The van der Waals surface area contributed by atoms with Crippen molar-refractivity contribution in [1.29, 1.82) is 0 Å². The van der Waals surface area contributed by atoms with Gasteiger partial charge in [-0.1, -0.05) is 0 Å². The van der Waals surface area contributed by atoms with Crippen LogP contribution in [0.3, 0.4) is 0 Å². The molecule has 2 unspecified atom stereocenters. The highest BCUT2D eigenvalue weighted by Gasteiger charge is 2.51. The van der Waals surface area contributed by atoms with Crippen molar-refractivity contribution in [3.8, 4) is 0 Å². The molecule has 0 saturated carbocycles. The van der Waals surface area contributed by atoms with Gasteiger partial charge in [0.05, 0.1) is 19.0 Å². The molecule has 3 rings (SSSR count). The third kappa shape index (κ3) is 2.19. The largest absolute Gasteiger partial charge is 0.439 e. The van der Waals surface area contributed by atoms with E-state index >= 15 is 0 Å². The smallest absolute Gasteiger partial charge is 0.408 e. The van der Waals surface area contributed by atoms with Crippen LogP contribution in [0.15, 0.2) is 18.7 Å². The zero-order chi connectivity index (χ0) is 14.2. The van der Waals surface area contributed by atoms with Crippen LogP contribution < -0.4 is 5.32 Å². The van der Waals surface area contributed by atoms with Gasteiger partial charge in [-0.25, -0.2) is 14.8 Å². The average Bonchev–Trinajstić information content (AvgIpc) is 2.96. The summed E-state index contributed by atoms with van der Waals surface area (Å²) in [6.07, 6.45) is 5.25. The molecule has 1 aromatic rings. The highest BCUT2D eigenvalue weighted by atomic mass is 16.6. The Balaban J connectivity index is 1.65. The fourth-order valence-electron chi connectivity index (χ4n) is 2.77. The van der Waals surface area contributed by atoms with Gasteiger partial charge in [-0.15, -0.1) is 0 Å². The molecule has 1 aromatic heterocycles. The number of nitrogens with zero attached hydrogens (tertiary/aromatic N) is 3. The molecule has 2 atom stereocenters. The number of amides is 2. The molecule has 0 bridgehead atoms. The van der Waals surface area contributed by atoms with Crippen molar-refractivity contribution < 1.29 is 14.3 Å². The van der Waals surface area contributed by atoms with Gasteiger partial charge < -0.3 is 15.0 Å². The monoisotopic (exact) mass is 276 g/mol. The van der Waals surface area contributed by atoms with E-state index in [0.29, 0.717) is 19.5 Å². The first-order chi connectivity index (χ1) is 9.59. The molecule has 2 amide bonds. The van der Waals surface area contributed by atoms with Crippen LogP contribution >= 0.6 is 0 Å². The molecule has 20 heavy (non-hydrogen) atoms. The van der Waals surface area contributed by atoms with E-state index in [1.165, 1.54) is 6.33 Å². The number of aromatic nitrogens is 2. The number of carbonyl (C=O) groups excluding carboxylic acids is 2. The van der Waals surface area contributed by atoms with Gasteiger partial charge in [-0.05, 0) is 12.5 Å². The first-order valence-electron chi connectivity index (χ1n) is 6.60. The van der Waals surface area contributed by atoms with Crippen molar-refractivity contribution in [3.05, 3.63) is 24.3 Å². The minimum Gasteiger partial charge on any atom is -0.439 e. The Kier molecular flexibility index (Phi) is 3.04. The second-order valence-corrected chi connectivity index (χ2v) is 5.31. The molecule has 106 valence electrons. The summed E-state index contributed by atoms with van der Waals surface area (Å²) in [7, 11) is 0. The van der Waals surface area contributed by atoms with Gasteiger partial charge in [-0.3, -0.25) is 4.79 Å². The number of likely N-dealkylation sites (tertiary alicyclic amines) is 1. The van der Waals surface area contributed by atoms with Gasteiger partial charge in [0.15, 0.2) is 5.60 Å². The highest BCUT2D eigenvalue weighted by Crippen LogP contribution is 2.33. The Morgan fingerprint density at radius 3 is 2.95 bits per heavy atom. The van der Waals surface area contributed by atoms with Crippen LogP contribution in [0.1, 0.15) is 18.9 Å². The number of carbonyl (C=O) groups is 2. The van der Waals surface area contributed by atoms with Crippen molar-refractivity contribution in [3.63, 3.8) is 0 Å². The third-order valence-corrected chi connectivity index (χ3v) is 4.00. The van der Waals surface area contributed by atoms with E-state index in [9.17, 15) is 9.59 Å².